The molecule has 0 N–H and O–H groups in total. The molecular formula is C13H13BrFN3O. The molecule has 4 nitrogen and oxygen atoms in total. The van der Waals surface area contributed by atoms with Crippen molar-refractivity contribution in [3.05, 3.63) is 34.4 Å². The fraction of sp³-hybridized carbons (Fsp3) is 0.308. The van der Waals surface area contributed by atoms with Gasteiger partial charge < -0.3 is 0 Å². The molecule has 0 aliphatic rings. The Morgan fingerprint density at radius 1 is 1.42 bits per heavy atom. The summed E-state index contributed by atoms with van der Waals surface area (Å²) in [5.74, 6) is -0.509. The Hall–Kier alpha value is -1.56. The Morgan fingerprint density at radius 3 is 2.68 bits per heavy atom. The van der Waals surface area contributed by atoms with Crippen LogP contribution in [0.5, 0.6) is 0 Å². The molecule has 0 aliphatic heterocycles. The van der Waals surface area contributed by atoms with Crippen molar-refractivity contribution in [2.75, 3.05) is 0 Å². The summed E-state index contributed by atoms with van der Waals surface area (Å²) in [6, 6.07) is 1.51. The minimum absolute atomic E-state index is 0.256. The zero-order valence-corrected chi connectivity index (χ0v) is 12.4. The first-order valence-electron chi connectivity index (χ1n) is 5.69. The van der Waals surface area contributed by atoms with Gasteiger partial charge in [-0.15, -0.1) is 0 Å². The number of carbonyl (C=O) groups excluding carboxylic acids is 1. The number of hydrogen-bond donors (Lipinski definition) is 0. The molecule has 0 aliphatic carbocycles. The van der Waals surface area contributed by atoms with E-state index in [2.05, 4.69) is 26.0 Å². The Kier molecular flexibility index (Phi) is 3.54. The van der Waals surface area contributed by atoms with Crippen LogP contribution in [-0.4, -0.2) is 21.1 Å². The lowest BCUT2D eigenvalue weighted by Crippen LogP contribution is -2.22. The fourth-order valence-corrected chi connectivity index (χ4v) is 1.95. The quantitative estimate of drug-likeness (QED) is 0.628. The minimum Gasteiger partial charge on any atom is -0.298 e. The van der Waals surface area contributed by atoms with E-state index in [4.69, 9.17) is 0 Å². The van der Waals surface area contributed by atoms with Crippen molar-refractivity contribution >= 4 is 22.2 Å². The van der Waals surface area contributed by atoms with Crippen molar-refractivity contribution in [3.8, 4) is 11.3 Å². The van der Waals surface area contributed by atoms with Crippen LogP contribution in [-0.2, 0) is 5.54 Å². The highest BCUT2D eigenvalue weighted by Gasteiger charge is 2.20. The summed E-state index contributed by atoms with van der Waals surface area (Å²) in [6.07, 6.45) is 3.40. The van der Waals surface area contributed by atoms with E-state index in [9.17, 15) is 9.18 Å². The van der Waals surface area contributed by atoms with Crippen molar-refractivity contribution < 1.29 is 9.18 Å². The highest BCUT2D eigenvalue weighted by atomic mass is 79.9. The van der Waals surface area contributed by atoms with E-state index in [0.29, 0.717) is 22.1 Å². The number of carbonyl (C=O) groups is 1. The number of rotatable bonds is 2. The van der Waals surface area contributed by atoms with Gasteiger partial charge in [-0.05, 0) is 42.8 Å². The summed E-state index contributed by atoms with van der Waals surface area (Å²) in [4.78, 5) is 14.9. The molecule has 2 aromatic rings. The second-order valence-electron chi connectivity index (χ2n) is 5.15. The van der Waals surface area contributed by atoms with Crippen LogP contribution < -0.4 is 0 Å². The molecule has 6 heteroatoms. The SMILES string of the molecule is CC(C)(C)n1cc(C=O)c(-c2cc(Br)ncc2F)n1. The Morgan fingerprint density at radius 2 is 2.11 bits per heavy atom. The van der Waals surface area contributed by atoms with Crippen LogP contribution in [0.25, 0.3) is 11.3 Å². The molecule has 0 amide bonds. The third kappa shape index (κ3) is 2.73. The van der Waals surface area contributed by atoms with Crippen LogP contribution in [0.15, 0.2) is 23.1 Å². The largest absolute Gasteiger partial charge is 0.298 e. The summed E-state index contributed by atoms with van der Waals surface area (Å²) in [5.41, 5.74) is 0.654. The van der Waals surface area contributed by atoms with Gasteiger partial charge in [-0.3, -0.25) is 9.48 Å². The Bertz CT molecular complexity index is 631. The van der Waals surface area contributed by atoms with Crippen LogP contribution in [0.2, 0.25) is 0 Å². The predicted molar refractivity (Wildman–Crippen MR) is 73.5 cm³/mol. The van der Waals surface area contributed by atoms with Gasteiger partial charge in [-0.2, -0.15) is 5.10 Å². The second-order valence-corrected chi connectivity index (χ2v) is 5.97. The zero-order chi connectivity index (χ0) is 14.2. The second kappa shape index (κ2) is 4.85. The molecule has 0 radical (unpaired) electrons. The molecule has 0 bridgehead atoms. The first kappa shape index (κ1) is 13.9. The monoisotopic (exact) mass is 325 g/mol. The first-order valence-corrected chi connectivity index (χ1v) is 6.49. The summed E-state index contributed by atoms with van der Waals surface area (Å²) >= 11 is 3.19. The number of aromatic nitrogens is 3. The lowest BCUT2D eigenvalue weighted by molar-refractivity contribution is 0.112. The number of halogens is 2. The highest BCUT2D eigenvalue weighted by Crippen LogP contribution is 2.27. The molecule has 0 saturated carbocycles. The van der Waals surface area contributed by atoms with E-state index < -0.39 is 5.82 Å². The van der Waals surface area contributed by atoms with Crippen molar-refractivity contribution in [2.24, 2.45) is 0 Å². The lowest BCUT2D eigenvalue weighted by atomic mass is 10.1. The van der Waals surface area contributed by atoms with Gasteiger partial charge in [0.25, 0.3) is 0 Å². The van der Waals surface area contributed by atoms with E-state index in [0.717, 1.165) is 6.20 Å². The van der Waals surface area contributed by atoms with E-state index in [1.54, 1.807) is 10.9 Å². The number of pyridine rings is 1. The predicted octanol–water partition coefficient (Wildman–Crippen LogP) is 3.41. The number of hydrogen-bond acceptors (Lipinski definition) is 3. The maximum absolute atomic E-state index is 13.8. The summed E-state index contributed by atoms with van der Waals surface area (Å²) in [5, 5.41) is 4.32. The molecule has 0 saturated heterocycles. The molecular weight excluding hydrogens is 313 g/mol. The van der Waals surface area contributed by atoms with Crippen molar-refractivity contribution in [1.82, 2.24) is 14.8 Å². The average Bonchev–Trinajstić information content (AvgIpc) is 2.76. The van der Waals surface area contributed by atoms with E-state index >= 15 is 0 Å². The van der Waals surface area contributed by atoms with Crippen molar-refractivity contribution in [2.45, 2.75) is 26.3 Å². The van der Waals surface area contributed by atoms with Gasteiger partial charge >= 0.3 is 0 Å². The maximum atomic E-state index is 13.8. The van der Waals surface area contributed by atoms with Crippen LogP contribution in [0.3, 0.4) is 0 Å². The molecule has 0 fully saturated rings. The standard InChI is InChI=1S/C13H13BrFN3O/c1-13(2,3)18-6-8(7-19)12(17-18)9-4-11(14)16-5-10(9)15/h4-7H,1-3H3. The topological polar surface area (TPSA) is 47.8 Å². The molecule has 0 aromatic carbocycles. The fourth-order valence-electron chi connectivity index (χ4n) is 1.62. The molecule has 100 valence electrons. The van der Waals surface area contributed by atoms with Crippen LogP contribution in [0, 0.1) is 5.82 Å². The van der Waals surface area contributed by atoms with Gasteiger partial charge in [-0.25, -0.2) is 9.37 Å². The Balaban J connectivity index is 2.64. The molecule has 2 heterocycles. The third-order valence-electron chi connectivity index (χ3n) is 2.63. The zero-order valence-electron chi connectivity index (χ0n) is 10.8. The number of nitrogens with zero attached hydrogens (tertiary/aromatic N) is 3. The average molecular weight is 326 g/mol. The van der Waals surface area contributed by atoms with Crippen LogP contribution in [0.1, 0.15) is 31.1 Å². The minimum atomic E-state index is -0.509. The highest BCUT2D eigenvalue weighted by molar-refractivity contribution is 9.10. The van der Waals surface area contributed by atoms with E-state index in [-0.39, 0.29) is 11.1 Å². The van der Waals surface area contributed by atoms with E-state index in [1.165, 1.54) is 6.07 Å². The molecule has 0 spiro atoms. The first-order chi connectivity index (χ1) is 8.82. The summed E-state index contributed by atoms with van der Waals surface area (Å²) in [7, 11) is 0. The van der Waals surface area contributed by atoms with Gasteiger partial charge in [0, 0.05) is 11.8 Å². The molecule has 19 heavy (non-hydrogen) atoms. The lowest BCUT2D eigenvalue weighted by Gasteiger charge is -2.18. The smallest absolute Gasteiger partial charge is 0.153 e. The van der Waals surface area contributed by atoms with Gasteiger partial charge in [0.2, 0.25) is 0 Å². The molecule has 0 unspecified atom stereocenters. The van der Waals surface area contributed by atoms with Gasteiger partial charge in [0.15, 0.2) is 12.1 Å². The third-order valence-corrected chi connectivity index (χ3v) is 3.07. The van der Waals surface area contributed by atoms with Crippen LogP contribution >= 0.6 is 15.9 Å². The molecule has 0 atom stereocenters. The van der Waals surface area contributed by atoms with Crippen LogP contribution in [0.4, 0.5) is 4.39 Å². The summed E-state index contributed by atoms with van der Waals surface area (Å²) in [6.45, 7) is 5.87. The maximum Gasteiger partial charge on any atom is 0.153 e. The molecule has 2 aromatic heterocycles. The van der Waals surface area contributed by atoms with Gasteiger partial charge in [0.05, 0.1) is 17.3 Å². The van der Waals surface area contributed by atoms with Crippen molar-refractivity contribution in [1.29, 1.82) is 0 Å². The van der Waals surface area contributed by atoms with E-state index in [1.807, 2.05) is 20.8 Å². The van der Waals surface area contributed by atoms with Crippen molar-refractivity contribution in [3.63, 3.8) is 0 Å². The molecule has 2 rings (SSSR count). The van der Waals surface area contributed by atoms with Gasteiger partial charge in [0.1, 0.15) is 10.3 Å². The van der Waals surface area contributed by atoms with Gasteiger partial charge in [-0.1, -0.05) is 0 Å². The summed E-state index contributed by atoms with van der Waals surface area (Å²) < 4.78 is 16.0. The Labute approximate surface area is 118 Å². The normalized spacial score (nSPS) is 11.6. The number of aldehydes is 1.